The van der Waals surface area contributed by atoms with Crippen molar-refractivity contribution in [2.24, 2.45) is 5.41 Å². The van der Waals surface area contributed by atoms with Crippen LogP contribution in [0.5, 0.6) is 0 Å². The lowest BCUT2D eigenvalue weighted by Gasteiger charge is -2.33. The van der Waals surface area contributed by atoms with Gasteiger partial charge < -0.3 is 15.4 Å². The van der Waals surface area contributed by atoms with Crippen molar-refractivity contribution >= 4 is 11.6 Å². The Morgan fingerprint density at radius 2 is 2.20 bits per heavy atom. The smallest absolute Gasteiger partial charge is 0.254 e. The molecular weight excluding hydrogens is 254 g/mol. The van der Waals surface area contributed by atoms with Crippen molar-refractivity contribution in [2.45, 2.75) is 26.7 Å². The van der Waals surface area contributed by atoms with Crippen molar-refractivity contribution < 1.29 is 9.53 Å². The summed E-state index contributed by atoms with van der Waals surface area (Å²) in [5.74, 6) is -0.0678. The molecule has 0 saturated carbocycles. The summed E-state index contributed by atoms with van der Waals surface area (Å²) in [4.78, 5) is 16.3. The summed E-state index contributed by atoms with van der Waals surface area (Å²) in [5.41, 5.74) is 1.57. The van der Waals surface area contributed by atoms with E-state index in [1.807, 2.05) is 13.0 Å². The van der Waals surface area contributed by atoms with Crippen molar-refractivity contribution in [3.8, 4) is 0 Å². The van der Waals surface area contributed by atoms with E-state index in [4.69, 9.17) is 4.74 Å². The Hall–Kier alpha value is -1.62. The van der Waals surface area contributed by atoms with Crippen LogP contribution in [0.15, 0.2) is 18.5 Å². The number of amides is 1. The highest BCUT2D eigenvalue weighted by atomic mass is 16.5. The van der Waals surface area contributed by atoms with Crippen LogP contribution in [0.1, 0.15) is 37.0 Å². The van der Waals surface area contributed by atoms with Gasteiger partial charge in [-0.1, -0.05) is 6.92 Å². The summed E-state index contributed by atoms with van der Waals surface area (Å²) >= 11 is 0. The summed E-state index contributed by atoms with van der Waals surface area (Å²) < 4.78 is 5.37. The molecule has 2 N–H and O–H groups in total. The SMILES string of the molecule is CCNc1ccncc1C(=O)NCC1(C)CCOCC1. The van der Waals surface area contributed by atoms with E-state index >= 15 is 0 Å². The number of rotatable bonds is 5. The number of nitrogens with one attached hydrogen (secondary N) is 2. The fourth-order valence-electron chi connectivity index (χ4n) is 2.35. The molecule has 0 atom stereocenters. The minimum atomic E-state index is -0.0678. The first-order valence-electron chi connectivity index (χ1n) is 7.18. The zero-order valence-electron chi connectivity index (χ0n) is 12.2. The lowest BCUT2D eigenvalue weighted by atomic mass is 9.82. The average molecular weight is 277 g/mol. The maximum Gasteiger partial charge on any atom is 0.254 e. The molecule has 1 amide bonds. The van der Waals surface area contributed by atoms with E-state index in [1.54, 1.807) is 12.4 Å². The molecule has 1 fully saturated rings. The summed E-state index contributed by atoms with van der Waals surface area (Å²) in [6, 6.07) is 1.83. The lowest BCUT2D eigenvalue weighted by Crippen LogP contribution is -2.39. The molecule has 5 heteroatoms. The normalized spacial score (nSPS) is 17.5. The van der Waals surface area contributed by atoms with Crippen LogP contribution in [-0.4, -0.2) is 37.2 Å². The van der Waals surface area contributed by atoms with Crippen LogP contribution >= 0.6 is 0 Å². The van der Waals surface area contributed by atoms with Crippen LogP contribution < -0.4 is 10.6 Å². The van der Waals surface area contributed by atoms with E-state index < -0.39 is 0 Å². The molecule has 20 heavy (non-hydrogen) atoms. The molecule has 0 aromatic carbocycles. The van der Waals surface area contributed by atoms with E-state index in [-0.39, 0.29) is 11.3 Å². The molecule has 110 valence electrons. The number of hydrogen-bond acceptors (Lipinski definition) is 4. The van der Waals surface area contributed by atoms with Gasteiger partial charge in [-0.3, -0.25) is 9.78 Å². The van der Waals surface area contributed by atoms with E-state index in [0.29, 0.717) is 12.1 Å². The maximum atomic E-state index is 12.3. The van der Waals surface area contributed by atoms with Crippen molar-refractivity contribution in [1.29, 1.82) is 0 Å². The lowest BCUT2D eigenvalue weighted by molar-refractivity contribution is 0.0238. The fraction of sp³-hybridized carbons (Fsp3) is 0.600. The molecule has 1 aliphatic rings. The number of pyridine rings is 1. The second-order valence-corrected chi connectivity index (χ2v) is 5.56. The second-order valence-electron chi connectivity index (χ2n) is 5.56. The van der Waals surface area contributed by atoms with E-state index in [0.717, 1.165) is 38.3 Å². The summed E-state index contributed by atoms with van der Waals surface area (Å²) in [6.07, 6.45) is 5.27. The highest BCUT2D eigenvalue weighted by Crippen LogP contribution is 2.28. The molecule has 1 aromatic heterocycles. The van der Waals surface area contributed by atoms with Gasteiger partial charge in [-0.2, -0.15) is 0 Å². The molecule has 1 saturated heterocycles. The van der Waals surface area contributed by atoms with Crippen LogP contribution in [0.25, 0.3) is 0 Å². The predicted octanol–water partition coefficient (Wildman–Crippen LogP) is 2.06. The summed E-state index contributed by atoms with van der Waals surface area (Å²) in [5, 5.41) is 6.22. The predicted molar refractivity (Wildman–Crippen MR) is 78.9 cm³/mol. The Bertz CT molecular complexity index is 456. The monoisotopic (exact) mass is 277 g/mol. The van der Waals surface area contributed by atoms with E-state index in [1.165, 1.54) is 0 Å². The van der Waals surface area contributed by atoms with Gasteiger partial charge in [0.25, 0.3) is 5.91 Å². The molecular formula is C15H23N3O2. The van der Waals surface area contributed by atoms with Gasteiger partial charge in [-0.25, -0.2) is 0 Å². The van der Waals surface area contributed by atoms with Crippen molar-refractivity contribution in [3.63, 3.8) is 0 Å². The third kappa shape index (κ3) is 3.70. The summed E-state index contributed by atoms with van der Waals surface area (Å²) in [7, 11) is 0. The summed E-state index contributed by atoms with van der Waals surface area (Å²) in [6.45, 7) is 7.22. The van der Waals surface area contributed by atoms with Crippen LogP contribution in [0, 0.1) is 5.41 Å². The Morgan fingerprint density at radius 1 is 1.45 bits per heavy atom. The first-order valence-corrected chi connectivity index (χ1v) is 7.18. The third-order valence-electron chi connectivity index (χ3n) is 3.81. The van der Waals surface area contributed by atoms with Gasteiger partial charge in [-0.15, -0.1) is 0 Å². The highest BCUT2D eigenvalue weighted by Gasteiger charge is 2.28. The number of carbonyl (C=O) groups excluding carboxylic acids is 1. The van der Waals surface area contributed by atoms with Crippen LogP contribution in [0.2, 0.25) is 0 Å². The van der Waals surface area contributed by atoms with Gasteiger partial charge in [-0.05, 0) is 31.2 Å². The molecule has 0 unspecified atom stereocenters. The molecule has 1 aromatic rings. The Kier molecular flexibility index (Phi) is 4.95. The number of carbonyl (C=O) groups is 1. The van der Waals surface area contributed by atoms with Gasteiger partial charge in [0, 0.05) is 38.7 Å². The second kappa shape index (κ2) is 6.70. The molecule has 1 aliphatic heterocycles. The number of nitrogens with zero attached hydrogens (tertiary/aromatic N) is 1. The quantitative estimate of drug-likeness (QED) is 0.864. The van der Waals surface area contributed by atoms with Crippen LogP contribution in [0.4, 0.5) is 5.69 Å². The molecule has 0 radical (unpaired) electrons. The molecule has 0 aliphatic carbocycles. The third-order valence-corrected chi connectivity index (χ3v) is 3.81. The van der Waals surface area contributed by atoms with Gasteiger partial charge in [0.2, 0.25) is 0 Å². The molecule has 2 rings (SSSR count). The first kappa shape index (κ1) is 14.8. The fourth-order valence-corrected chi connectivity index (χ4v) is 2.35. The first-order chi connectivity index (χ1) is 9.64. The van der Waals surface area contributed by atoms with E-state index in [2.05, 4.69) is 22.5 Å². The van der Waals surface area contributed by atoms with Crippen LogP contribution in [-0.2, 0) is 4.74 Å². The molecule has 5 nitrogen and oxygen atoms in total. The average Bonchev–Trinajstić information content (AvgIpc) is 2.47. The molecule has 2 heterocycles. The maximum absolute atomic E-state index is 12.3. The number of hydrogen-bond donors (Lipinski definition) is 2. The van der Waals surface area contributed by atoms with Gasteiger partial charge in [0.1, 0.15) is 0 Å². The Morgan fingerprint density at radius 3 is 2.90 bits per heavy atom. The van der Waals surface area contributed by atoms with Crippen molar-refractivity contribution in [3.05, 3.63) is 24.0 Å². The zero-order chi connectivity index (χ0) is 14.4. The highest BCUT2D eigenvalue weighted by molar-refractivity contribution is 5.99. The molecule has 0 spiro atoms. The number of aromatic nitrogens is 1. The molecule has 0 bridgehead atoms. The van der Waals surface area contributed by atoms with Gasteiger partial charge in [0.15, 0.2) is 0 Å². The minimum absolute atomic E-state index is 0.0678. The topological polar surface area (TPSA) is 63.2 Å². The van der Waals surface area contributed by atoms with Crippen molar-refractivity contribution in [1.82, 2.24) is 10.3 Å². The zero-order valence-corrected chi connectivity index (χ0v) is 12.2. The van der Waals surface area contributed by atoms with Gasteiger partial charge >= 0.3 is 0 Å². The van der Waals surface area contributed by atoms with E-state index in [9.17, 15) is 4.79 Å². The standard InChI is InChI=1S/C15H23N3O2/c1-3-17-13-4-7-16-10-12(13)14(19)18-11-15(2)5-8-20-9-6-15/h4,7,10H,3,5-6,8-9,11H2,1-2H3,(H,16,17)(H,18,19). The van der Waals surface area contributed by atoms with Gasteiger partial charge in [0.05, 0.1) is 11.3 Å². The van der Waals surface area contributed by atoms with Crippen molar-refractivity contribution in [2.75, 3.05) is 31.6 Å². The number of ether oxygens (including phenoxy) is 1. The number of anilines is 1. The van der Waals surface area contributed by atoms with Crippen LogP contribution in [0.3, 0.4) is 0 Å². The largest absolute Gasteiger partial charge is 0.385 e. The Labute approximate surface area is 120 Å². The minimum Gasteiger partial charge on any atom is -0.385 e. The Balaban J connectivity index is 1.98.